The number of benzene rings is 2. The van der Waals surface area contributed by atoms with Gasteiger partial charge in [-0.05, 0) is 36.2 Å². The Kier molecular flexibility index (Phi) is 4.24. The molecule has 128 valence electrons. The normalized spacial score (nSPS) is 16.6. The van der Waals surface area contributed by atoms with Gasteiger partial charge in [-0.3, -0.25) is 9.59 Å². The fourth-order valence-electron chi connectivity index (χ4n) is 3.52. The Morgan fingerprint density at radius 3 is 2.36 bits per heavy atom. The lowest BCUT2D eigenvalue weighted by molar-refractivity contribution is 0.0302. The Balaban J connectivity index is 1.63. The standard InChI is InChI=1S/C20H20N2O3/c23-19(15-5-2-1-3-6-15)22-10-9-16-17(7-4-8-18(16)22)20(24)21-11-13-25-14-12-21/h1-8H,9-14H2. The van der Waals surface area contributed by atoms with Crippen LogP contribution in [0.5, 0.6) is 0 Å². The lowest BCUT2D eigenvalue weighted by Crippen LogP contribution is -2.41. The molecule has 0 radical (unpaired) electrons. The number of morpholine rings is 1. The minimum absolute atomic E-state index is 0.0182. The smallest absolute Gasteiger partial charge is 0.258 e. The molecule has 2 aromatic rings. The van der Waals surface area contributed by atoms with Gasteiger partial charge in [0.05, 0.1) is 13.2 Å². The van der Waals surface area contributed by atoms with Gasteiger partial charge >= 0.3 is 0 Å². The molecule has 2 aliphatic rings. The van der Waals surface area contributed by atoms with Crippen molar-refractivity contribution in [1.29, 1.82) is 0 Å². The highest BCUT2D eigenvalue weighted by molar-refractivity contribution is 6.08. The molecule has 4 rings (SSSR count). The highest BCUT2D eigenvalue weighted by Gasteiger charge is 2.30. The molecule has 0 bridgehead atoms. The molecule has 0 aliphatic carbocycles. The Morgan fingerprint density at radius 1 is 0.840 bits per heavy atom. The summed E-state index contributed by atoms with van der Waals surface area (Å²) in [4.78, 5) is 29.3. The third-order valence-corrected chi connectivity index (χ3v) is 4.82. The van der Waals surface area contributed by atoms with E-state index < -0.39 is 0 Å². The maximum atomic E-state index is 12.9. The number of nitrogens with zero attached hydrogens (tertiary/aromatic N) is 2. The minimum Gasteiger partial charge on any atom is -0.378 e. The summed E-state index contributed by atoms with van der Waals surface area (Å²) in [6.07, 6.45) is 0.708. The van der Waals surface area contributed by atoms with Gasteiger partial charge < -0.3 is 14.5 Å². The van der Waals surface area contributed by atoms with Gasteiger partial charge in [0.15, 0.2) is 0 Å². The third kappa shape index (κ3) is 2.91. The zero-order chi connectivity index (χ0) is 17.2. The van der Waals surface area contributed by atoms with Gasteiger partial charge in [-0.2, -0.15) is 0 Å². The van der Waals surface area contributed by atoms with E-state index in [-0.39, 0.29) is 11.8 Å². The van der Waals surface area contributed by atoms with Crippen molar-refractivity contribution in [3.63, 3.8) is 0 Å². The third-order valence-electron chi connectivity index (χ3n) is 4.82. The number of anilines is 1. The van der Waals surface area contributed by atoms with Crippen LogP contribution in [0.25, 0.3) is 0 Å². The van der Waals surface area contributed by atoms with Gasteiger partial charge in [0.1, 0.15) is 0 Å². The van der Waals surface area contributed by atoms with Crippen LogP contribution in [0.15, 0.2) is 48.5 Å². The molecule has 2 aliphatic heterocycles. The number of hydrogen-bond acceptors (Lipinski definition) is 3. The molecule has 1 fully saturated rings. The molecule has 2 aromatic carbocycles. The Labute approximate surface area is 146 Å². The number of hydrogen-bond donors (Lipinski definition) is 0. The average molecular weight is 336 g/mol. The Bertz CT molecular complexity index is 798. The molecule has 0 saturated carbocycles. The lowest BCUT2D eigenvalue weighted by Gasteiger charge is -2.27. The highest BCUT2D eigenvalue weighted by atomic mass is 16.5. The molecule has 0 spiro atoms. The molecule has 25 heavy (non-hydrogen) atoms. The van der Waals surface area contributed by atoms with Crippen LogP contribution in [-0.4, -0.2) is 49.6 Å². The van der Waals surface area contributed by atoms with E-state index in [4.69, 9.17) is 4.74 Å². The summed E-state index contributed by atoms with van der Waals surface area (Å²) < 4.78 is 5.33. The first kappa shape index (κ1) is 15.8. The number of fused-ring (bicyclic) bond motifs is 1. The number of rotatable bonds is 2. The molecule has 5 nitrogen and oxygen atoms in total. The van der Waals surface area contributed by atoms with Crippen molar-refractivity contribution in [2.24, 2.45) is 0 Å². The van der Waals surface area contributed by atoms with Crippen molar-refractivity contribution < 1.29 is 14.3 Å². The molecule has 1 saturated heterocycles. The minimum atomic E-state index is -0.0182. The summed E-state index contributed by atoms with van der Waals surface area (Å²) in [6, 6.07) is 14.9. The van der Waals surface area contributed by atoms with Crippen molar-refractivity contribution in [3.8, 4) is 0 Å². The lowest BCUT2D eigenvalue weighted by atomic mass is 10.0. The van der Waals surface area contributed by atoms with Crippen LogP contribution in [0.3, 0.4) is 0 Å². The van der Waals surface area contributed by atoms with E-state index in [0.717, 1.165) is 11.3 Å². The van der Waals surface area contributed by atoms with Crippen molar-refractivity contribution in [1.82, 2.24) is 4.90 Å². The van der Waals surface area contributed by atoms with Crippen LogP contribution < -0.4 is 4.90 Å². The van der Waals surface area contributed by atoms with Crippen LogP contribution in [0.1, 0.15) is 26.3 Å². The molecular weight excluding hydrogens is 316 g/mol. The summed E-state index contributed by atoms with van der Waals surface area (Å²) in [6.45, 7) is 3.01. The van der Waals surface area contributed by atoms with Gasteiger partial charge in [-0.15, -0.1) is 0 Å². The second-order valence-electron chi connectivity index (χ2n) is 6.28. The maximum absolute atomic E-state index is 12.9. The highest BCUT2D eigenvalue weighted by Crippen LogP contribution is 2.32. The van der Waals surface area contributed by atoms with Crippen LogP contribution in [0, 0.1) is 0 Å². The predicted octanol–water partition coefficient (Wildman–Crippen LogP) is 2.36. The predicted molar refractivity (Wildman–Crippen MR) is 95.0 cm³/mol. The van der Waals surface area contributed by atoms with E-state index in [9.17, 15) is 9.59 Å². The van der Waals surface area contributed by atoms with Crippen LogP contribution in [0.4, 0.5) is 5.69 Å². The van der Waals surface area contributed by atoms with Crippen LogP contribution in [-0.2, 0) is 11.2 Å². The molecular formula is C20H20N2O3. The monoisotopic (exact) mass is 336 g/mol. The Hall–Kier alpha value is -2.66. The molecule has 0 aromatic heterocycles. The summed E-state index contributed by atoms with van der Waals surface area (Å²) in [5.74, 6) is 0.0180. The fourth-order valence-corrected chi connectivity index (χ4v) is 3.52. The molecule has 2 amide bonds. The van der Waals surface area contributed by atoms with Gasteiger partial charge in [0.2, 0.25) is 0 Å². The molecule has 0 N–H and O–H groups in total. The van der Waals surface area contributed by atoms with E-state index >= 15 is 0 Å². The zero-order valence-corrected chi connectivity index (χ0v) is 14.0. The van der Waals surface area contributed by atoms with E-state index in [1.165, 1.54) is 0 Å². The maximum Gasteiger partial charge on any atom is 0.258 e. The summed E-state index contributed by atoms with van der Waals surface area (Å²) in [5, 5.41) is 0. The molecule has 0 unspecified atom stereocenters. The van der Waals surface area contributed by atoms with Crippen LogP contribution in [0.2, 0.25) is 0 Å². The van der Waals surface area contributed by atoms with Gasteiger partial charge in [-0.25, -0.2) is 0 Å². The quantitative estimate of drug-likeness (QED) is 0.846. The van der Waals surface area contributed by atoms with Crippen molar-refractivity contribution in [2.75, 3.05) is 37.7 Å². The van der Waals surface area contributed by atoms with Gasteiger partial charge in [0.25, 0.3) is 11.8 Å². The second-order valence-corrected chi connectivity index (χ2v) is 6.28. The number of carbonyl (C=O) groups excluding carboxylic acids is 2. The average Bonchev–Trinajstić information content (AvgIpc) is 3.12. The summed E-state index contributed by atoms with van der Waals surface area (Å²) in [7, 11) is 0. The molecule has 0 atom stereocenters. The first-order valence-corrected chi connectivity index (χ1v) is 8.61. The number of amides is 2. The van der Waals surface area contributed by atoms with Crippen LogP contribution >= 0.6 is 0 Å². The number of ether oxygens (including phenoxy) is 1. The summed E-state index contributed by atoms with van der Waals surface area (Å²) >= 11 is 0. The van der Waals surface area contributed by atoms with Crippen molar-refractivity contribution in [3.05, 3.63) is 65.2 Å². The number of carbonyl (C=O) groups is 2. The fraction of sp³-hybridized carbons (Fsp3) is 0.300. The van der Waals surface area contributed by atoms with E-state index in [1.54, 1.807) is 4.90 Å². The molecule has 2 heterocycles. The largest absolute Gasteiger partial charge is 0.378 e. The second kappa shape index (κ2) is 6.69. The molecule has 5 heteroatoms. The van der Waals surface area contributed by atoms with E-state index in [2.05, 4.69) is 0 Å². The SMILES string of the molecule is O=C(c1cccc2c1CCN2C(=O)c1ccccc1)N1CCOCC1. The van der Waals surface area contributed by atoms with E-state index in [0.29, 0.717) is 50.4 Å². The summed E-state index contributed by atoms with van der Waals surface area (Å²) in [5.41, 5.74) is 3.21. The first-order valence-electron chi connectivity index (χ1n) is 8.61. The van der Waals surface area contributed by atoms with Crippen molar-refractivity contribution in [2.45, 2.75) is 6.42 Å². The Morgan fingerprint density at radius 2 is 1.60 bits per heavy atom. The van der Waals surface area contributed by atoms with E-state index in [1.807, 2.05) is 53.4 Å². The topological polar surface area (TPSA) is 49.9 Å². The van der Waals surface area contributed by atoms with Gasteiger partial charge in [0, 0.05) is 36.4 Å². The first-order chi connectivity index (χ1) is 12.3. The van der Waals surface area contributed by atoms with Gasteiger partial charge in [-0.1, -0.05) is 24.3 Å². The van der Waals surface area contributed by atoms with Crippen molar-refractivity contribution >= 4 is 17.5 Å². The zero-order valence-electron chi connectivity index (χ0n) is 14.0.